The molecule has 1 aromatic carbocycles. The van der Waals surface area contributed by atoms with Gasteiger partial charge in [0.15, 0.2) is 12.4 Å². The number of piperidine rings is 1. The van der Waals surface area contributed by atoms with E-state index in [0.717, 1.165) is 18.6 Å². The topological polar surface area (TPSA) is 47.4 Å². The van der Waals surface area contributed by atoms with Crippen molar-refractivity contribution < 1.29 is 22.7 Å². The van der Waals surface area contributed by atoms with E-state index in [2.05, 4.69) is 18.9 Å². The van der Waals surface area contributed by atoms with Crippen LogP contribution in [-0.2, 0) is 12.9 Å². The Hall–Kier alpha value is -2.51. The number of hydrogen-bond acceptors (Lipinski definition) is 3. The number of nitrogens with zero attached hydrogens (tertiary/aromatic N) is 3. The van der Waals surface area contributed by atoms with Gasteiger partial charge in [0.05, 0.1) is 5.56 Å². The fraction of sp³-hybridized carbons (Fsp3) is 0.474. The molecule has 1 aliphatic rings. The highest BCUT2D eigenvalue weighted by Gasteiger charge is 2.30. The summed E-state index contributed by atoms with van der Waals surface area (Å²) in [5.74, 6) is 0.853. The number of ether oxygens (including phenoxy) is 1. The van der Waals surface area contributed by atoms with Crippen LogP contribution in [0.3, 0.4) is 0 Å². The zero-order valence-electron chi connectivity index (χ0n) is 15.2. The van der Waals surface area contributed by atoms with Crippen LogP contribution in [0.1, 0.15) is 36.3 Å². The first-order valence-electron chi connectivity index (χ1n) is 8.85. The molecular formula is C19H22F3N3O2. The molecule has 1 aliphatic heterocycles. The molecule has 146 valence electrons. The second-order valence-electron chi connectivity index (χ2n) is 7.20. The third-order valence-electron chi connectivity index (χ3n) is 4.54. The second kappa shape index (κ2) is 7.62. The van der Waals surface area contributed by atoms with E-state index in [4.69, 9.17) is 4.74 Å². The van der Waals surface area contributed by atoms with Gasteiger partial charge in [-0.2, -0.15) is 18.3 Å². The number of alkyl halides is 3. The van der Waals surface area contributed by atoms with Crippen molar-refractivity contribution in [1.82, 2.24) is 14.7 Å². The van der Waals surface area contributed by atoms with Crippen LogP contribution in [0.15, 0.2) is 36.5 Å². The van der Waals surface area contributed by atoms with Crippen molar-refractivity contribution >= 4 is 5.91 Å². The van der Waals surface area contributed by atoms with Crippen molar-refractivity contribution in [2.75, 3.05) is 13.1 Å². The number of benzene rings is 1. The Bertz CT molecular complexity index is 793. The maximum Gasteiger partial charge on any atom is 0.416 e. The van der Waals surface area contributed by atoms with Crippen molar-refractivity contribution in [1.29, 1.82) is 0 Å². The van der Waals surface area contributed by atoms with Gasteiger partial charge in [0.1, 0.15) is 5.75 Å². The number of amides is 1. The average molecular weight is 381 g/mol. The number of likely N-dealkylation sites (tertiary alicyclic amines) is 1. The Balaban J connectivity index is 1.62. The number of rotatable bonds is 4. The van der Waals surface area contributed by atoms with Crippen molar-refractivity contribution in [3.8, 4) is 5.75 Å². The van der Waals surface area contributed by atoms with Crippen molar-refractivity contribution in [3.63, 3.8) is 0 Å². The first kappa shape index (κ1) is 19.3. The lowest BCUT2D eigenvalue weighted by molar-refractivity contribution is -0.137. The van der Waals surface area contributed by atoms with E-state index in [1.807, 2.05) is 0 Å². The van der Waals surface area contributed by atoms with Crippen LogP contribution < -0.4 is 4.74 Å². The lowest BCUT2D eigenvalue weighted by Crippen LogP contribution is -2.42. The predicted octanol–water partition coefficient (Wildman–Crippen LogP) is 4.06. The van der Waals surface area contributed by atoms with Gasteiger partial charge in [-0.25, -0.2) is 4.68 Å². The smallest absolute Gasteiger partial charge is 0.416 e. The highest BCUT2D eigenvalue weighted by Crippen LogP contribution is 2.31. The minimum Gasteiger partial charge on any atom is -0.471 e. The summed E-state index contributed by atoms with van der Waals surface area (Å²) >= 11 is 0. The largest absolute Gasteiger partial charge is 0.471 e. The number of halogens is 3. The molecule has 2 heterocycles. The SMILES string of the molecule is CC1CC(C)CN(C(=O)c2ccn(COc3cccc(C(F)(F)F)c3)n2)C1. The second-order valence-corrected chi connectivity index (χ2v) is 7.20. The van der Waals surface area contributed by atoms with Gasteiger partial charge < -0.3 is 9.64 Å². The van der Waals surface area contributed by atoms with E-state index in [-0.39, 0.29) is 18.4 Å². The Labute approximate surface area is 155 Å². The molecule has 1 fully saturated rings. The molecule has 0 N–H and O–H groups in total. The zero-order chi connectivity index (χ0) is 19.6. The summed E-state index contributed by atoms with van der Waals surface area (Å²) < 4.78 is 45.0. The fourth-order valence-corrected chi connectivity index (χ4v) is 3.44. The summed E-state index contributed by atoms with van der Waals surface area (Å²) in [5, 5.41) is 4.20. The summed E-state index contributed by atoms with van der Waals surface area (Å²) in [6, 6.07) is 6.25. The number of carbonyl (C=O) groups is 1. The van der Waals surface area contributed by atoms with Crippen LogP contribution in [0, 0.1) is 11.8 Å². The molecule has 5 nitrogen and oxygen atoms in total. The van der Waals surface area contributed by atoms with Gasteiger partial charge in [-0.15, -0.1) is 0 Å². The molecule has 27 heavy (non-hydrogen) atoms. The van der Waals surface area contributed by atoms with Gasteiger partial charge in [-0.1, -0.05) is 19.9 Å². The van der Waals surface area contributed by atoms with Crippen molar-refractivity contribution in [2.24, 2.45) is 11.8 Å². The van der Waals surface area contributed by atoms with Crippen LogP contribution in [-0.4, -0.2) is 33.7 Å². The molecule has 1 saturated heterocycles. The van der Waals surface area contributed by atoms with Crippen LogP contribution in [0.5, 0.6) is 5.75 Å². The van der Waals surface area contributed by atoms with E-state index >= 15 is 0 Å². The van der Waals surface area contributed by atoms with E-state index in [9.17, 15) is 18.0 Å². The van der Waals surface area contributed by atoms with E-state index in [1.165, 1.54) is 16.8 Å². The van der Waals surface area contributed by atoms with Gasteiger partial charge in [0.2, 0.25) is 0 Å². The van der Waals surface area contributed by atoms with Gasteiger partial charge in [-0.05, 0) is 42.5 Å². The first-order chi connectivity index (χ1) is 12.7. The van der Waals surface area contributed by atoms with Gasteiger partial charge >= 0.3 is 6.18 Å². The summed E-state index contributed by atoms with van der Waals surface area (Å²) in [5.41, 5.74) is -0.464. The van der Waals surface area contributed by atoms with E-state index in [1.54, 1.807) is 17.2 Å². The molecule has 1 amide bonds. The standard InChI is InChI=1S/C19H22F3N3O2/c1-13-8-14(2)11-24(10-13)18(26)17-6-7-25(23-17)12-27-16-5-3-4-15(9-16)19(20,21)22/h3-7,9,13-14H,8,10-12H2,1-2H3. The Morgan fingerprint density at radius 3 is 2.59 bits per heavy atom. The predicted molar refractivity (Wildman–Crippen MR) is 93.1 cm³/mol. The molecule has 2 unspecified atom stereocenters. The number of aromatic nitrogens is 2. The molecule has 2 atom stereocenters. The molecule has 2 aromatic rings. The van der Waals surface area contributed by atoms with E-state index < -0.39 is 11.7 Å². The molecule has 0 radical (unpaired) electrons. The van der Waals surface area contributed by atoms with E-state index in [0.29, 0.717) is 30.6 Å². The summed E-state index contributed by atoms with van der Waals surface area (Å²) in [6.07, 6.45) is -1.74. The molecular weight excluding hydrogens is 359 g/mol. The number of carbonyl (C=O) groups excluding carboxylic acids is 1. The third-order valence-corrected chi connectivity index (χ3v) is 4.54. The van der Waals surface area contributed by atoms with Crippen LogP contribution in [0.4, 0.5) is 13.2 Å². The summed E-state index contributed by atoms with van der Waals surface area (Å²) in [7, 11) is 0. The minimum atomic E-state index is -4.42. The minimum absolute atomic E-state index is 0.0819. The fourth-order valence-electron chi connectivity index (χ4n) is 3.44. The lowest BCUT2D eigenvalue weighted by atomic mass is 9.92. The Kier molecular flexibility index (Phi) is 5.43. The highest BCUT2D eigenvalue weighted by molar-refractivity contribution is 5.92. The molecule has 8 heteroatoms. The van der Waals surface area contributed by atoms with Crippen LogP contribution >= 0.6 is 0 Å². The van der Waals surface area contributed by atoms with Crippen LogP contribution in [0.2, 0.25) is 0 Å². The van der Waals surface area contributed by atoms with Crippen LogP contribution in [0.25, 0.3) is 0 Å². The number of hydrogen-bond donors (Lipinski definition) is 0. The maximum atomic E-state index is 12.7. The first-order valence-corrected chi connectivity index (χ1v) is 8.85. The maximum absolute atomic E-state index is 12.7. The average Bonchev–Trinajstić information content (AvgIpc) is 3.07. The monoisotopic (exact) mass is 381 g/mol. The van der Waals surface area contributed by atoms with Gasteiger partial charge in [0, 0.05) is 19.3 Å². The molecule has 0 saturated carbocycles. The summed E-state index contributed by atoms with van der Waals surface area (Å²) in [6.45, 7) is 5.57. The molecule has 0 aliphatic carbocycles. The molecule has 3 rings (SSSR count). The summed E-state index contributed by atoms with van der Waals surface area (Å²) in [4.78, 5) is 14.4. The quantitative estimate of drug-likeness (QED) is 0.803. The van der Waals surface area contributed by atoms with Crippen molar-refractivity contribution in [2.45, 2.75) is 33.2 Å². The molecule has 0 spiro atoms. The van der Waals surface area contributed by atoms with Gasteiger partial charge in [-0.3, -0.25) is 4.79 Å². The molecule has 1 aromatic heterocycles. The normalized spacial score (nSPS) is 20.6. The third kappa shape index (κ3) is 4.81. The highest BCUT2D eigenvalue weighted by atomic mass is 19.4. The van der Waals surface area contributed by atoms with Crippen molar-refractivity contribution in [3.05, 3.63) is 47.8 Å². The van der Waals surface area contributed by atoms with Gasteiger partial charge in [0.25, 0.3) is 5.91 Å². The Morgan fingerprint density at radius 1 is 1.22 bits per heavy atom. The Morgan fingerprint density at radius 2 is 1.93 bits per heavy atom. The molecule has 0 bridgehead atoms. The lowest BCUT2D eigenvalue weighted by Gasteiger charge is -2.34. The zero-order valence-corrected chi connectivity index (χ0v) is 15.2.